The maximum atomic E-state index is 11.6. The predicted molar refractivity (Wildman–Crippen MR) is 56.5 cm³/mol. The largest absolute Gasteiger partial charge is 0.321 e. The fraction of sp³-hybridized carbons (Fsp3) is 0.909. The molecule has 0 heterocycles. The Bertz CT molecular complexity index is 167. The molecule has 0 aliphatic rings. The van der Waals surface area contributed by atoms with Gasteiger partial charge in [-0.25, -0.2) is 0 Å². The molecule has 1 unspecified atom stereocenters. The maximum Gasteiger partial charge on any atom is 0.150 e. The molecule has 0 aromatic carbocycles. The van der Waals surface area contributed by atoms with Gasteiger partial charge in [-0.15, -0.1) is 0 Å². The number of Topliss-reactive ketones (excluding diaryl/α,β-unsaturated/α-hetero) is 1. The van der Waals surface area contributed by atoms with E-state index in [9.17, 15) is 4.79 Å². The molecule has 0 saturated heterocycles. The van der Waals surface area contributed by atoms with Crippen LogP contribution >= 0.6 is 0 Å². The number of ketones is 1. The van der Waals surface area contributed by atoms with Crippen LogP contribution in [0.15, 0.2) is 0 Å². The van der Waals surface area contributed by atoms with Crippen LogP contribution in [0.2, 0.25) is 0 Å². The summed E-state index contributed by atoms with van der Waals surface area (Å²) in [6, 6.07) is -0.314. The van der Waals surface area contributed by atoms with Crippen molar-refractivity contribution in [3.8, 4) is 0 Å². The van der Waals surface area contributed by atoms with Crippen molar-refractivity contribution >= 4 is 5.78 Å². The van der Waals surface area contributed by atoms with Crippen molar-refractivity contribution in [2.45, 2.75) is 53.5 Å². The van der Waals surface area contributed by atoms with Gasteiger partial charge in [0.25, 0.3) is 0 Å². The highest BCUT2D eigenvalue weighted by atomic mass is 16.1. The van der Waals surface area contributed by atoms with E-state index in [1.807, 2.05) is 20.8 Å². The first-order valence-corrected chi connectivity index (χ1v) is 5.03. The van der Waals surface area contributed by atoms with Crippen molar-refractivity contribution < 1.29 is 4.79 Å². The number of hydrogen-bond acceptors (Lipinski definition) is 2. The number of carbonyl (C=O) groups excluding carboxylic acids is 1. The van der Waals surface area contributed by atoms with Crippen LogP contribution in [-0.4, -0.2) is 11.8 Å². The molecule has 2 heteroatoms. The highest BCUT2D eigenvalue weighted by molar-refractivity contribution is 5.84. The van der Waals surface area contributed by atoms with Crippen LogP contribution in [-0.2, 0) is 4.79 Å². The highest BCUT2D eigenvalue weighted by Gasteiger charge is 2.26. The number of rotatable bonds is 4. The summed E-state index contributed by atoms with van der Waals surface area (Å²) in [5.74, 6) is 0.775. The quantitative estimate of drug-likeness (QED) is 0.730. The molecule has 1 atom stereocenters. The standard InChI is InChI=1S/C11H23NO/c1-8(2)6-7-9(13)10(12)11(3,4)5/h8,10H,6-7,12H2,1-5H3. The molecule has 0 bridgehead atoms. The molecule has 0 saturated carbocycles. The van der Waals surface area contributed by atoms with Crippen molar-refractivity contribution in [1.82, 2.24) is 0 Å². The zero-order valence-electron chi connectivity index (χ0n) is 9.55. The Balaban J connectivity index is 3.98. The van der Waals surface area contributed by atoms with Crippen LogP contribution in [0.1, 0.15) is 47.5 Å². The lowest BCUT2D eigenvalue weighted by Crippen LogP contribution is -2.42. The summed E-state index contributed by atoms with van der Waals surface area (Å²) >= 11 is 0. The molecule has 0 rings (SSSR count). The normalized spacial score (nSPS) is 14.7. The molecule has 78 valence electrons. The second kappa shape index (κ2) is 4.75. The first-order chi connectivity index (χ1) is 5.75. The molecule has 0 amide bonds. The van der Waals surface area contributed by atoms with E-state index in [0.29, 0.717) is 12.3 Å². The molecular weight excluding hydrogens is 162 g/mol. The van der Waals surface area contributed by atoms with E-state index in [2.05, 4.69) is 13.8 Å². The predicted octanol–water partition coefficient (Wildman–Crippen LogP) is 2.37. The van der Waals surface area contributed by atoms with Gasteiger partial charge in [0.15, 0.2) is 0 Å². The van der Waals surface area contributed by atoms with Gasteiger partial charge < -0.3 is 5.73 Å². The van der Waals surface area contributed by atoms with Gasteiger partial charge in [0.2, 0.25) is 0 Å². The van der Waals surface area contributed by atoms with Gasteiger partial charge in [-0.3, -0.25) is 4.79 Å². The minimum Gasteiger partial charge on any atom is -0.321 e. The van der Waals surface area contributed by atoms with Crippen LogP contribution in [0, 0.1) is 11.3 Å². The summed E-state index contributed by atoms with van der Waals surface area (Å²) in [7, 11) is 0. The average molecular weight is 185 g/mol. The lowest BCUT2D eigenvalue weighted by atomic mass is 9.83. The third kappa shape index (κ3) is 5.04. The Kier molecular flexibility index (Phi) is 4.62. The maximum absolute atomic E-state index is 11.6. The zero-order valence-corrected chi connectivity index (χ0v) is 9.55. The second-order valence-corrected chi connectivity index (χ2v) is 5.24. The van der Waals surface area contributed by atoms with E-state index < -0.39 is 0 Å². The van der Waals surface area contributed by atoms with E-state index in [0.717, 1.165) is 6.42 Å². The van der Waals surface area contributed by atoms with Crippen molar-refractivity contribution in [1.29, 1.82) is 0 Å². The molecule has 0 radical (unpaired) electrons. The van der Waals surface area contributed by atoms with Gasteiger partial charge in [0, 0.05) is 6.42 Å². The monoisotopic (exact) mass is 185 g/mol. The fourth-order valence-corrected chi connectivity index (χ4v) is 1.07. The number of carbonyl (C=O) groups is 1. The molecule has 0 aliphatic heterocycles. The summed E-state index contributed by atoms with van der Waals surface area (Å²) in [5, 5.41) is 0. The molecule has 0 aromatic rings. The SMILES string of the molecule is CC(C)CCC(=O)C(N)C(C)(C)C. The first kappa shape index (κ1) is 12.6. The van der Waals surface area contributed by atoms with E-state index in [1.54, 1.807) is 0 Å². The van der Waals surface area contributed by atoms with Crippen LogP contribution < -0.4 is 5.73 Å². The summed E-state index contributed by atoms with van der Waals surface area (Å²) in [6.07, 6.45) is 1.57. The molecular formula is C11H23NO. The van der Waals surface area contributed by atoms with Gasteiger partial charge >= 0.3 is 0 Å². The zero-order chi connectivity index (χ0) is 10.6. The lowest BCUT2D eigenvalue weighted by Gasteiger charge is -2.25. The second-order valence-electron chi connectivity index (χ2n) is 5.24. The van der Waals surface area contributed by atoms with Gasteiger partial charge in [0.05, 0.1) is 6.04 Å². The van der Waals surface area contributed by atoms with E-state index in [4.69, 9.17) is 5.73 Å². The minimum absolute atomic E-state index is 0.103. The van der Waals surface area contributed by atoms with Gasteiger partial charge in [-0.1, -0.05) is 34.6 Å². The molecule has 2 nitrogen and oxygen atoms in total. The fourth-order valence-electron chi connectivity index (χ4n) is 1.07. The van der Waals surface area contributed by atoms with Crippen LogP contribution in [0.5, 0.6) is 0 Å². The molecule has 0 aromatic heterocycles. The Hall–Kier alpha value is -0.370. The van der Waals surface area contributed by atoms with Crippen molar-refractivity contribution in [3.05, 3.63) is 0 Å². The lowest BCUT2D eigenvalue weighted by molar-refractivity contribution is -0.122. The van der Waals surface area contributed by atoms with Gasteiger partial charge in [0.1, 0.15) is 5.78 Å². The van der Waals surface area contributed by atoms with Crippen LogP contribution in [0.3, 0.4) is 0 Å². The Morgan fingerprint density at radius 2 is 1.77 bits per heavy atom. The third-order valence-electron chi connectivity index (χ3n) is 2.25. The molecule has 13 heavy (non-hydrogen) atoms. The molecule has 0 spiro atoms. The first-order valence-electron chi connectivity index (χ1n) is 5.03. The molecule has 0 fully saturated rings. The summed E-state index contributed by atoms with van der Waals surface area (Å²) in [4.78, 5) is 11.6. The number of hydrogen-bond donors (Lipinski definition) is 1. The Morgan fingerprint density at radius 1 is 1.31 bits per heavy atom. The molecule has 0 aliphatic carbocycles. The molecule has 2 N–H and O–H groups in total. The number of nitrogens with two attached hydrogens (primary N) is 1. The van der Waals surface area contributed by atoms with E-state index in [-0.39, 0.29) is 17.2 Å². The van der Waals surface area contributed by atoms with Crippen LogP contribution in [0.4, 0.5) is 0 Å². The van der Waals surface area contributed by atoms with Gasteiger partial charge in [-0.2, -0.15) is 0 Å². The van der Waals surface area contributed by atoms with Crippen molar-refractivity contribution in [3.63, 3.8) is 0 Å². The van der Waals surface area contributed by atoms with Crippen molar-refractivity contribution in [2.75, 3.05) is 0 Å². The van der Waals surface area contributed by atoms with Crippen LogP contribution in [0.25, 0.3) is 0 Å². The minimum atomic E-state index is -0.314. The third-order valence-corrected chi connectivity index (χ3v) is 2.25. The summed E-state index contributed by atoms with van der Waals surface area (Å²) < 4.78 is 0. The van der Waals surface area contributed by atoms with E-state index in [1.165, 1.54) is 0 Å². The average Bonchev–Trinajstić information content (AvgIpc) is 1.96. The van der Waals surface area contributed by atoms with Crippen molar-refractivity contribution in [2.24, 2.45) is 17.1 Å². The van der Waals surface area contributed by atoms with E-state index >= 15 is 0 Å². The Labute approximate surface area is 81.9 Å². The highest BCUT2D eigenvalue weighted by Crippen LogP contribution is 2.20. The Morgan fingerprint density at radius 3 is 2.08 bits per heavy atom. The van der Waals surface area contributed by atoms with Gasteiger partial charge in [-0.05, 0) is 17.8 Å². The summed E-state index contributed by atoms with van der Waals surface area (Å²) in [5.41, 5.74) is 5.73. The topological polar surface area (TPSA) is 43.1 Å². The summed E-state index contributed by atoms with van der Waals surface area (Å²) in [6.45, 7) is 10.3. The smallest absolute Gasteiger partial charge is 0.150 e.